The number of nitrogens with zero attached hydrogens (tertiary/aromatic N) is 4. The van der Waals surface area contributed by atoms with E-state index in [9.17, 15) is 0 Å². The van der Waals surface area contributed by atoms with Crippen LogP contribution < -0.4 is 5.32 Å². The first-order chi connectivity index (χ1) is 9.24. The van der Waals surface area contributed by atoms with Crippen molar-refractivity contribution >= 4 is 5.69 Å². The van der Waals surface area contributed by atoms with Gasteiger partial charge in [0.2, 0.25) is 0 Å². The number of hydrogen-bond acceptors (Lipinski definition) is 4. The third-order valence-corrected chi connectivity index (χ3v) is 3.49. The smallest absolute Gasteiger partial charge is 0.181 e. The SMILES string of the molecule is CCC(CC)CNc1cccc(-c2nnnn2C)c1. The van der Waals surface area contributed by atoms with Gasteiger partial charge in [-0.05, 0) is 28.5 Å². The minimum atomic E-state index is 0.722. The highest BCUT2D eigenvalue weighted by molar-refractivity contribution is 5.62. The van der Waals surface area contributed by atoms with Gasteiger partial charge in [-0.2, -0.15) is 0 Å². The highest BCUT2D eigenvalue weighted by Crippen LogP contribution is 2.20. The number of anilines is 1. The number of benzene rings is 1. The van der Waals surface area contributed by atoms with Crippen molar-refractivity contribution < 1.29 is 0 Å². The molecular weight excluding hydrogens is 238 g/mol. The summed E-state index contributed by atoms with van der Waals surface area (Å²) < 4.78 is 1.68. The van der Waals surface area contributed by atoms with E-state index in [4.69, 9.17) is 0 Å². The summed E-state index contributed by atoms with van der Waals surface area (Å²) in [5.41, 5.74) is 2.15. The van der Waals surface area contributed by atoms with Gasteiger partial charge in [0.1, 0.15) is 0 Å². The van der Waals surface area contributed by atoms with Gasteiger partial charge in [-0.15, -0.1) is 5.10 Å². The molecule has 0 spiro atoms. The molecule has 1 aromatic carbocycles. The lowest BCUT2D eigenvalue weighted by Gasteiger charge is -2.14. The van der Waals surface area contributed by atoms with Crippen LogP contribution in [-0.2, 0) is 7.05 Å². The predicted octanol–water partition coefficient (Wildman–Crippen LogP) is 2.73. The number of hydrogen-bond donors (Lipinski definition) is 1. The molecule has 102 valence electrons. The van der Waals surface area contributed by atoms with Crippen LogP contribution in [0.1, 0.15) is 26.7 Å². The summed E-state index contributed by atoms with van der Waals surface area (Å²) in [6.45, 7) is 5.47. The minimum absolute atomic E-state index is 0.722. The molecule has 2 aromatic rings. The van der Waals surface area contributed by atoms with E-state index in [1.807, 2.05) is 19.2 Å². The molecule has 0 atom stereocenters. The monoisotopic (exact) mass is 259 g/mol. The number of nitrogens with one attached hydrogen (secondary N) is 1. The third kappa shape index (κ3) is 3.30. The van der Waals surface area contributed by atoms with E-state index in [2.05, 4.69) is 46.8 Å². The third-order valence-electron chi connectivity index (χ3n) is 3.49. The Kier molecular flexibility index (Phi) is 4.49. The maximum Gasteiger partial charge on any atom is 0.181 e. The molecule has 0 fully saturated rings. The Morgan fingerprint density at radius 1 is 1.26 bits per heavy atom. The van der Waals surface area contributed by atoms with E-state index in [0.29, 0.717) is 0 Å². The highest BCUT2D eigenvalue weighted by Gasteiger charge is 2.07. The molecule has 2 rings (SSSR count). The van der Waals surface area contributed by atoms with E-state index in [0.717, 1.165) is 29.5 Å². The predicted molar refractivity (Wildman–Crippen MR) is 76.8 cm³/mol. The molecule has 0 amide bonds. The van der Waals surface area contributed by atoms with E-state index < -0.39 is 0 Å². The molecule has 1 aromatic heterocycles. The van der Waals surface area contributed by atoms with Gasteiger partial charge in [0, 0.05) is 24.8 Å². The van der Waals surface area contributed by atoms with Gasteiger partial charge in [0.15, 0.2) is 5.82 Å². The zero-order chi connectivity index (χ0) is 13.7. The van der Waals surface area contributed by atoms with Crippen LogP contribution in [0, 0.1) is 5.92 Å². The maximum atomic E-state index is 4.03. The molecule has 5 heteroatoms. The van der Waals surface area contributed by atoms with Crippen LogP contribution >= 0.6 is 0 Å². The standard InChI is InChI=1S/C14H21N5/c1-4-11(5-2)10-15-13-8-6-7-12(9-13)14-16-17-18-19(14)3/h6-9,11,15H,4-5,10H2,1-3H3. The molecule has 1 heterocycles. The number of rotatable bonds is 6. The molecule has 0 saturated carbocycles. The molecule has 0 bridgehead atoms. The number of tetrazole rings is 1. The summed E-state index contributed by atoms with van der Waals surface area (Å²) >= 11 is 0. The van der Waals surface area contributed by atoms with Crippen LogP contribution in [0.25, 0.3) is 11.4 Å². The first kappa shape index (κ1) is 13.5. The zero-order valence-electron chi connectivity index (χ0n) is 11.8. The van der Waals surface area contributed by atoms with Crippen molar-refractivity contribution in [3.63, 3.8) is 0 Å². The van der Waals surface area contributed by atoms with Crippen LogP contribution in [-0.4, -0.2) is 26.8 Å². The summed E-state index contributed by atoms with van der Waals surface area (Å²) in [6.07, 6.45) is 2.41. The summed E-state index contributed by atoms with van der Waals surface area (Å²) in [5, 5.41) is 15.0. The van der Waals surface area contributed by atoms with Crippen molar-refractivity contribution in [2.24, 2.45) is 13.0 Å². The average molecular weight is 259 g/mol. The first-order valence-corrected chi connectivity index (χ1v) is 6.81. The first-order valence-electron chi connectivity index (χ1n) is 6.81. The van der Waals surface area contributed by atoms with Gasteiger partial charge in [-0.3, -0.25) is 0 Å². The van der Waals surface area contributed by atoms with Gasteiger partial charge >= 0.3 is 0 Å². The van der Waals surface area contributed by atoms with E-state index in [1.165, 1.54) is 12.8 Å². The second-order valence-corrected chi connectivity index (χ2v) is 4.77. The number of aryl methyl sites for hydroxylation is 1. The molecule has 0 saturated heterocycles. The largest absolute Gasteiger partial charge is 0.385 e. The van der Waals surface area contributed by atoms with Gasteiger partial charge in [-0.1, -0.05) is 38.8 Å². The summed E-state index contributed by atoms with van der Waals surface area (Å²) in [5.74, 6) is 1.51. The lowest BCUT2D eigenvalue weighted by atomic mass is 10.0. The summed E-state index contributed by atoms with van der Waals surface area (Å²) in [7, 11) is 1.85. The highest BCUT2D eigenvalue weighted by atomic mass is 15.5. The van der Waals surface area contributed by atoms with Crippen LogP contribution in [0.5, 0.6) is 0 Å². The van der Waals surface area contributed by atoms with Crippen LogP contribution in [0.4, 0.5) is 5.69 Å². The lowest BCUT2D eigenvalue weighted by molar-refractivity contribution is 0.519. The topological polar surface area (TPSA) is 55.6 Å². The quantitative estimate of drug-likeness (QED) is 0.866. The van der Waals surface area contributed by atoms with Gasteiger partial charge < -0.3 is 5.32 Å². The van der Waals surface area contributed by atoms with Crippen molar-refractivity contribution in [1.82, 2.24) is 20.2 Å². The fraction of sp³-hybridized carbons (Fsp3) is 0.500. The molecular formula is C14H21N5. The molecule has 0 radical (unpaired) electrons. The van der Waals surface area contributed by atoms with Crippen molar-refractivity contribution in [3.05, 3.63) is 24.3 Å². The zero-order valence-corrected chi connectivity index (χ0v) is 11.8. The molecule has 1 N–H and O–H groups in total. The Morgan fingerprint density at radius 3 is 2.68 bits per heavy atom. The normalized spacial score (nSPS) is 10.9. The van der Waals surface area contributed by atoms with Gasteiger partial charge in [0.25, 0.3) is 0 Å². The molecule has 0 aliphatic heterocycles. The average Bonchev–Trinajstić information content (AvgIpc) is 2.86. The van der Waals surface area contributed by atoms with Crippen molar-refractivity contribution in [2.45, 2.75) is 26.7 Å². The van der Waals surface area contributed by atoms with Crippen molar-refractivity contribution in [3.8, 4) is 11.4 Å². The minimum Gasteiger partial charge on any atom is -0.385 e. The summed E-state index contributed by atoms with van der Waals surface area (Å²) in [4.78, 5) is 0. The number of aromatic nitrogens is 4. The van der Waals surface area contributed by atoms with Crippen molar-refractivity contribution in [2.75, 3.05) is 11.9 Å². The van der Waals surface area contributed by atoms with Crippen LogP contribution in [0.15, 0.2) is 24.3 Å². The molecule has 0 aliphatic rings. The Balaban J connectivity index is 2.10. The van der Waals surface area contributed by atoms with E-state index in [-0.39, 0.29) is 0 Å². The van der Waals surface area contributed by atoms with Gasteiger partial charge in [0.05, 0.1) is 0 Å². The Labute approximate surface area is 114 Å². The Hall–Kier alpha value is -1.91. The van der Waals surface area contributed by atoms with E-state index >= 15 is 0 Å². The Bertz CT molecular complexity index is 516. The second kappa shape index (κ2) is 6.31. The van der Waals surface area contributed by atoms with Crippen molar-refractivity contribution in [1.29, 1.82) is 0 Å². The molecule has 5 nitrogen and oxygen atoms in total. The van der Waals surface area contributed by atoms with Gasteiger partial charge in [-0.25, -0.2) is 4.68 Å². The summed E-state index contributed by atoms with van der Waals surface area (Å²) in [6, 6.07) is 8.22. The van der Waals surface area contributed by atoms with Crippen LogP contribution in [0.3, 0.4) is 0 Å². The maximum absolute atomic E-state index is 4.03. The molecule has 0 aliphatic carbocycles. The molecule has 0 unspecified atom stereocenters. The van der Waals surface area contributed by atoms with Crippen LogP contribution in [0.2, 0.25) is 0 Å². The fourth-order valence-corrected chi connectivity index (χ4v) is 2.08. The Morgan fingerprint density at radius 2 is 2.05 bits per heavy atom. The molecule has 19 heavy (non-hydrogen) atoms. The fourth-order valence-electron chi connectivity index (χ4n) is 2.08. The van der Waals surface area contributed by atoms with E-state index in [1.54, 1.807) is 4.68 Å². The second-order valence-electron chi connectivity index (χ2n) is 4.77. The lowest BCUT2D eigenvalue weighted by Crippen LogP contribution is -2.12.